The Hall–Kier alpha value is -4.96. The van der Waals surface area contributed by atoms with Gasteiger partial charge in [-0.2, -0.15) is 0 Å². The molecular formula is C35H26N4. The van der Waals surface area contributed by atoms with E-state index >= 15 is 0 Å². The fourth-order valence-electron chi connectivity index (χ4n) is 6.33. The summed E-state index contributed by atoms with van der Waals surface area (Å²) in [6.45, 7) is 4.64. The fourth-order valence-corrected chi connectivity index (χ4v) is 6.33. The van der Waals surface area contributed by atoms with Crippen molar-refractivity contribution in [1.29, 1.82) is 0 Å². The fraction of sp³-hybridized carbons (Fsp3) is 0.0857. The predicted octanol–water partition coefficient (Wildman–Crippen LogP) is 8.84. The number of aromatic nitrogens is 3. The second-order valence-corrected chi connectivity index (χ2v) is 10.8. The van der Waals surface area contributed by atoms with E-state index in [2.05, 4.69) is 140 Å². The molecule has 1 aromatic heterocycles. The van der Waals surface area contributed by atoms with Gasteiger partial charge >= 0.3 is 0 Å². The zero-order valence-corrected chi connectivity index (χ0v) is 21.8. The Labute approximate surface area is 226 Å². The average molecular weight is 503 g/mol. The van der Waals surface area contributed by atoms with Crippen LogP contribution in [0.2, 0.25) is 0 Å². The maximum absolute atomic E-state index is 5.06. The zero-order valence-electron chi connectivity index (χ0n) is 21.8. The van der Waals surface area contributed by atoms with E-state index in [0.29, 0.717) is 0 Å². The number of benzene rings is 6. The molecule has 0 radical (unpaired) electrons. The van der Waals surface area contributed by atoms with Crippen LogP contribution in [-0.2, 0) is 5.41 Å². The summed E-state index contributed by atoms with van der Waals surface area (Å²) < 4.78 is 0. The number of anilines is 3. The minimum absolute atomic E-state index is 0.110. The largest absolute Gasteiger partial charge is 0.309 e. The van der Waals surface area contributed by atoms with Crippen molar-refractivity contribution in [3.05, 3.63) is 132 Å². The molecule has 0 fully saturated rings. The molecule has 0 saturated heterocycles. The highest BCUT2D eigenvalue weighted by Gasteiger charge is 2.37. The van der Waals surface area contributed by atoms with E-state index < -0.39 is 0 Å². The lowest BCUT2D eigenvalue weighted by atomic mass is 9.73. The van der Waals surface area contributed by atoms with Crippen molar-refractivity contribution in [3.63, 3.8) is 0 Å². The summed E-state index contributed by atoms with van der Waals surface area (Å²) in [6.07, 6.45) is 0. The molecular weight excluding hydrogens is 476 g/mol. The normalized spacial score (nSPS) is 14.1. The Morgan fingerprint density at radius 1 is 0.513 bits per heavy atom. The van der Waals surface area contributed by atoms with Gasteiger partial charge in [0.05, 0.1) is 22.7 Å². The smallest absolute Gasteiger partial charge is 0.121 e. The van der Waals surface area contributed by atoms with Crippen LogP contribution < -0.4 is 4.90 Å². The molecule has 2 heterocycles. The summed E-state index contributed by atoms with van der Waals surface area (Å²) in [6, 6.07) is 43.0. The van der Waals surface area contributed by atoms with Crippen molar-refractivity contribution in [2.24, 2.45) is 0 Å². The predicted molar refractivity (Wildman–Crippen MR) is 161 cm³/mol. The van der Waals surface area contributed by atoms with Gasteiger partial charge in [-0.05, 0) is 40.8 Å². The highest BCUT2D eigenvalue weighted by molar-refractivity contribution is 6.12. The molecule has 0 bridgehead atoms. The lowest BCUT2D eigenvalue weighted by Gasteiger charge is -2.42. The van der Waals surface area contributed by atoms with Crippen LogP contribution in [0, 0.1) is 0 Å². The van der Waals surface area contributed by atoms with Crippen molar-refractivity contribution < 1.29 is 0 Å². The lowest BCUT2D eigenvalue weighted by Crippen LogP contribution is -2.30. The van der Waals surface area contributed by atoms with Gasteiger partial charge in [-0.15, -0.1) is 15.0 Å². The first-order valence-electron chi connectivity index (χ1n) is 13.4. The van der Waals surface area contributed by atoms with E-state index in [9.17, 15) is 0 Å². The monoisotopic (exact) mass is 502 g/mol. The van der Waals surface area contributed by atoms with E-state index in [1.54, 1.807) is 4.80 Å². The molecule has 0 amide bonds. The molecule has 6 aromatic carbocycles. The first kappa shape index (κ1) is 22.1. The number of nitrogens with zero attached hydrogens (tertiary/aromatic N) is 4. The minimum atomic E-state index is -0.110. The molecule has 8 rings (SSSR count). The molecule has 0 saturated carbocycles. The van der Waals surface area contributed by atoms with Gasteiger partial charge in [0.25, 0.3) is 0 Å². The molecule has 0 N–H and O–H groups in total. The highest BCUT2D eigenvalue weighted by Crippen LogP contribution is 2.53. The molecule has 39 heavy (non-hydrogen) atoms. The maximum Gasteiger partial charge on any atom is 0.121 e. The summed E-state index contributed by atoms with van der Waals surface area (Å²) in [5.74, 6) is 0. The van der Waals surface area contributed by atoms with Crippen molar-refractivity contribution >= 4 is 49.6 Å². The first-order chi connectivity index (χ1) is 19.1. The quantitative estimate of drug-likeness (QED) is 0.237. The van der Waals surface area contributed by atoms with Crippen LogP contribution in [0.25, 0.3) is 38.3 Å². The molecule has 7 aromatic rings. The Bertz CT molecular complexity index is 2010. The molecule has 186 valence electrons. The van der Waals surface area contributed by atoms with E-state index in [1.165, 1.54) is 27.9 Å². The third-order valence-electron chi connectivity index (χ3n) is 8.23. The Kier molecular flexibility index (Phi) is 4.54. The van der Waals surface area contributed by atoms with Gasteiger partial charge < -0.3 is 4.90 Å². The van der Waals surface area contributed by atoms with Crippen molar-refractivity contribution in [2.75, 3.05) is 4.90 Å². The molecule has 0 unspecified atom stereocenters. The Balaban J connectivity index is 1.43. The number of fused-ring (bicyclic) bond motifs is 6. The summed E-state index contributed by atoms with van der Waals surface area (Å²) in [4.78, 5) is 4.21. The maximum atomic E-state index is 5.06. The summed E-state index contributed by atoms with van der Waals surface area (Å²) in [5, 5.41) is 14.7. The molecule has 4 heteroatoms. The second kappa shape index (κ2) is 8.02. The zero-order chi connectivity index (χ0) is 26.1. The highest BCUT2D eigenvalue weighted by atomic mass is 15.5. The molecule has 0 aliphatic carbocycles. The number of hydrogen-bond acceptors (Lipinski definition) is 3. The standard InChI is InChI=1S/C35H26N4/c1-35(2)27-17-7-9-19-31(27)38(32-20-10-8-18-28(32)35)33-22-29-34(26-16-6-5-15-25(26)33)37-39(36-29)30-21-11-13-23-12-3-4-14-24(23)30/h3-22H,1-2H3. The van der Waals surface area contributed by atoms with Gasteiger partial charge in [0, 0.05) is 21.6 Å². The van der Waals surface area contributed by atoms with Gasteiger partial charge in [0.15, 0.2) is 0 Å². The van der Waals surface area contributed by atoms with Crippen LogP contribution in [0.5, 0.6) is 0 Å². The van der Waals surface area contributed by atoms with Gasteiger partial charge in [0.2, 0.25) is 0 Å². The Morgan fingerprint density at radius 2 is 1.08 bits per heavy atom. The number of rotatable bonds is 2. The van der Waals surface area contributed by atoms with Gasteiger partial charge in [0.1, 0.15) is 11.0 Å². The third-order valence-corrected chi connectivity index (χ3v) is 8.23. The number of hydrogen-bond donors (Lipinski definition) is 0. The second-order valence-electron chi connectivity index (χ2n) is 10.8. The third kappa shape index (κ3) is 3.12. The first-order valence-corrected chi connectivity index (χ1v) is 13.4. The summed E-state index contributed by atoms with van der Waals surface area (Å²) >= 11 is 0. The van der Waals surface area contributed by atoms with E-state index in [1.807, 2.05) is 0 Å². The van der Waals surface area contributed by atoms with Crippen molar-refractivity contribution in [3.8, 4) is 5.69 Å². The average Bonchev–Trinajstić information content (AvgIpc) is 3.41. The molecule has 1 aliphatic rings. The van der Waals surface area contributed by atoms with Gasteiger partial charge in [-0.25, -0.2) is 0 Å². The summed E-state index contributed by atoms with van der Waals surface area (Å²) in [5.41, 5.74) is 8.78. The number of para-hydroxylation sites is 2. The van der Waals surface area contributed by atoms with E-state index in [0.717, 1.165) is 38.6 Å². The molecule has 1 aliphatic heterocycles. The molecule has 0 atom stereocenters. The topological polar surface area (TPSA) is 34.0 Å². The Morgan fingerprint density at radius 3 is 1.82 bits per heavy atom. The molecule has 4 nitrogen and oxygen atoms in total. The minimum Gasteiger partial charge on any atom is -0.309 e. The van der Waals surface area contributed by atoms with E-state index in [4.69, 9.17) is 10.2 Å². The van der Waals surface area contributed by atoms with Crippen LogP contribution in [0.3, 0.4) is 0 Å². The van der Waals surface area contributed by atoms with Crippen LogP contribution in [0.4, 0.5) is 17.1 Å². The lowest BCUT2D eigenvalue weighted by molar-refractivity contribution is 0.632. The van der Waals surface area contributed by atoms with Gasteiger partial charge in [-0.1, -0.05) is 111 Å². The van der Waals surface area contributed by atoms with Crippen LogP contribution >= 0.6 is 0 Å². The van der Waals surface area contributed by atoms with E-state index in [-0.39, 0.29) is 5.41 Å². The van der Waals surface area contributed by atoms with Crippen LogP contribution in [-0.4, -0.2) is 15.0 Å². The molecule has 0 spiro atoms. The van der Waals surface area contributed by atoms with Crippen molar-refractivity contribution in [2.45, 2.75) is 19.3 Å². The SMILES string of the molecule is CC1(C)c2ccccc2N(c2cc3nn(-c4cccc5ccccc45)nc3c3ccccc23)c2ccccc21. The summed E-state index contributed by atoms with van der Waals surface area (Å²) in [7, 11) is 0. The van der Waals surface area contributed by atoms with Crippen molar-refractivity contribution in [1.82, 2.24) is 15.0 Å². The van der Waals surface area contributed by atoms with Crippen LogP contribution in [0.1, 0.15) is 25.0 Å². The van der Waals surface area contributed by atoms with Gasteiger partial charge in [-0.3, -0.25) is 0 Å². The van der Waals surface area contributed by atoms with Crippen LogP contribution in [0.15, 0.2) is 121 Å².